The molecule has 0 aliphatic carbocycles. The molecule has 0 amide bonds. The van der Waals surface area contributed by atoms with Crippen LogP contribution in [0.4, 0.5) is 0 Å². The number of esters is 1. The summed E-state index contributed by atoms with van der Waals surface area (Å²) in [6.45, 7) is 1.76. The normalized spacial score (nSPS) is 10.0. The molecule has 0 aliphatic heterocycles. The molecule has 0 unspecified atom stereocenters. The maximum Gasteiger partial charge on any atom is 0.349 e. The lowest BCUT2D eigenvalue weighted by atomic mass is 10.2. The van der Waals surface area contributed by atoms with Crippen LogP contribution in [0, 0.1) is 6.92 Å². The van der Waals surface area contributed by atoms with Gasteiger partial charge in [0.05, 0.1) is 4.47 Å². The van der Waals surface area contributed by atoms with Crippen molar-refractivity contribution in [2.45, 2.75) is 6.92 Å². The van der Waals surface area contributed by atoms with Crippen molar-refractivity contribution >= 4 is 21.9 Å². The van der Waals surface area contributed by atoms with Crippen molar-refractivity contribution in [3.8, 4) is 11.5 Å². The number of para-hydroxylation sites is 2. The number of halogens is 1. The molecule has 2 rings (SSSR count). The van der Waals surface area contributed by atoms with Gasteiger partial charge in [-0.1, -0.05) is 30.3 Å². The highest BCUT2D eigenvalue weighted by Gasteiger charge is 2.08. The molecule has 0 atom stereocenters. The summed E-state index contributed by atoms with van der Waals surface area (Å²) in [5.74, 6) is 0.748. The van der Waals surface area contributed by atoms with Gasteiger partial charge in [-0.25, -0.2) is 4.79 Å². The Bertz CT molecular complexity index is 581. The molecule has 0 radical (unpaired) electrons. The predicted octanol–water partition coefficient (Wildman–Crippen LogP) is 3.74. The zero-order valence-corrected chi connectivity index (χ0v) is 12.0. The maximum absolute atomic E-state index is 11.7. The molecule has 98 valence electrons. The largest absolute Gasteiger partial charge is 0.481 e. The fourth-order valence-electron chi connectivity index (χ4n) is 1.52. The Hall–Kier alpha value is -1.81. The first-order valence-corrected chi connectivity index (χ1v) is 6.60. The molecule has 0 spiro atoms. The van der Waals surface area contributed by atoms with Crippen LogP contribution in [0.2, 0.25) is 0 Å². The van der Waals surface area contributed by atoms with Crippen LogP contribution in [0.1, 0.15) is 5.56 Å². The second-order valence-electron chi connectivity index (χ2n) is 3.96. The Labute approximate surface area is 120 Å². The van der Waals surface area contributed by atoms with Crippen LogP contribution in [0.25, 0.3) is 0 Å². The summed E-state index contributed by atoms with van der Waals surface area (Å²) >= 11 is 3.35. The molecule has 0 fully saturated rings. The average Bonchev–Trinajstić information content (AvgIpc) is 2.40. The second-order valence-corrected chi connectivity index (χ2v) is 4.81. The average molecular weight is 321 g/mol. The Morgan fingerprint density at radius 3 is 2.37 bits per heavy atom. The third-order valence-electron chi connectivity index (χ3n) is 2.50. The summed E-state index contributed by atoms with van der Waals surface area (Å²) < 4.78 is 11.4. The standard InChI is InChI=1S/C15H13BrO3/c1-11-6-2-4-8-13(11)19-15(17)10-18-14-9-5-3-7-12(14)16/h2-9H,10H2,1H3. The van der Waals surface area contributed by atoms with Gasteiger partial charge in [-0.3, -0.25) is 0 Å². The summed E-state index contributed by atoms with van der Waals surface area (Å²) in [5, 5.41) is 0. The van der Waals surface area contributed by atoms with Crippen molar-refractivity contribution in [1.29, 1.82) is 0 Å². The number of benzene rings is 2. The Morgan fingerprint density at radius 1 is 1.05 bits per heavy atom. The van der Waals surface area contributed by atoms with Crippen molar-refractivity contribution in [3.05, 3.63) is 58.6 Å². The zero-order valence-electron chi connectivity index (χ0n) is 10.4. The van der Waals surface area contributed by atoms with E-state index >= 15 is 0 Å². The monoisotopic (exact) mass is 320 g/mol. The molecular weight excluding hydrogens is 308 g/mol. The van der Waals surface area contributed by atoms with Crippen molar-refractivity contribution in [2.24, 2.45) is 0 Å². The molecule has 4 heteroatoms. The molecule has 0 N–H and O–H groups in total. The smallest absolute Gasteiger partial charge is 0.349 e. The van der Waals surface area contributed by atoms with E-state index in [1.165, 1.54) is 0 Å². The van der Waals surface area contributed by atoms with E-state index in [-0.39, 0.29) is 6.61 Å². The summed E-state index contributed by atoms with van der Waals surface area (Å²) in [7, 11) is 0. The quantitative estimate of drug-likeness (QED) is 0.636. The molecule has 3 nitrogen and oxygen atoms in total. The molecule has 0 aliphatic rings. The van der Waals surface area contributed by atoms with Gasteiger partial charge < -0.3 is 9.47 Å². The number of rotatable bonds is 4. The first kappa shape index (κ1) is 13.6. The van der Waals surface area contributed by atoms with E-state index in [1.54, 1.807) is 12.1 Å². The van der Waals surface area contributed by atoms with E-state index in [1.807, 2.05) is 43.3 Å². The van der Waals surface area contributed by atoms with Crippen LogP contribution in [0.3, 0.4) is 0 Å². The lowest BCUT2D eigenvalue weighted by Crippen LogP contribution is -2.18. The predicted molar refractivity (Wildman–Crippen MR) is 76.5 cm³/mol. The van der Waals surface area contributed by atoms with Gasteiger partial charge in [-0.2, -0.15) is 0 Å². The first-order valence-electron chi connectivity index (χ1n) is 5.80. The van der Waals surface area contributed by atoms with Crippen LogP contribution in [-0.2, 0) is 4.79 Å². The minimum absolute atomic E-state index is 0.128. The highest BCUT2D eigenvalue weighted by atomic mass is 79.9. The van der Waals surface area contributed by atoms with Crippen molar-refractivity contribution in [1.82, 2.24) is 0 Å². The topological polar surface area (TPSA) is 35.5 Å². The lowest BCUT2D eigenvalue weighted by Gasteiger charge is -2.09. The molecule has 0 saturated carbocycles. The summed E-state index contributed by atoms with van der Waals surface area (Å²) in [6.07, 6.45) is 0. The highest BCUT2D eigenvalue weighted by Crippen LogP contribution is 2.23. The fraction of sp³-hybridized carbons (Fsp3) is 0.133. The van der Waals surface area contributed by atoms with Crippen molar-refractivity contribution < 1.29 is 14.3 Å². The van der Waals surface area contributed by atoms with Gasteiger partial charge in [0.2, 0.25) is 0 Å². The molecule has 0 bridgehead atoms. The summed E-state index contributed by atoms with van der Waals surface area (Å²) in [6, 6.07) is 14.7. The number of hydrogen-bond donors (Lipinski definition) is 0. The van der Waals surface area contributed by atoms with E-state index in [2.05, 4.69) is 15.9 Å². The van der Waals surface area contributed by atoms with Crippen molar-refractivity contribution in [3.63, 3.8) is 0 Å². The summed E-state index contributed by atoms with van der Waals surface area (Å²) in [5.41, 5.74) is 0.914. The van der Waals surface area contributed by atoms with Crippen LogP contribution in [-0.4, -0.2) is 12.6 Å². The van der Waals surface area contributed by atoms with Crippen molar-refractivity contribution in [2.75, 3.05) is 6.61 Å². The third-order valence-corrected chi connectivity index (χ3v) is 3.15. The van der Waals surface area contributed by atoms with Crippen LogP contribution in [0.5, 0.6) is 11.5 Å². The van der Waals surface area contributed by atoms with Crippen LogP contribution >= 0.6 is 15.9 Å². The van der Waals surface area contributed by atoms with Crippen LogP contribution in [0.15, 0.2) is 53.0 Å². The Kier molecular flexibility index (Phi) is 4.58. The number of carbonyl (C=O) groups is 1. The van der Waals surface area contributed by atoms with E-state index in [0.717, 1.165) is 10.0 Å². The maximum atomic E-state index is 11.7. The molecule has 0 aromatic heterocycles. The van der Waals surface area contributed by atoms with Gasteiger partial charge in [0.15, 0.2) is 6.61 Å². The fourth-order valence-corrected chi connectivity index (χ4v) is 1.92. The molecule has 0 heterocycles. The minimum atomic E-state index is -0.426. The van der Waals surface area contributed by atoms with E-state index in [9.17, 15) is 4.79 Å². The Morgan fingerprint density at radius 2 is 1.68 bits per heavy atom. The number of ether oxygens (including phenoxy) is 2. The number of aryl methyl sites for hydroxylation is 1. The number of carbonyl (C=O) groups excluding carboxylic acids is 1. The highest BCUT2D eigenvalue weighted by molar-refractivity contribution is 9.10. The molecule has 2 aromatic carbocycles. The van der Waals surface area contributed by atoms with E-state index in [4.69, 9.17) is 9.47 Å². The van der Waals surface area contributed by atoms with E-state index in [0.29, 0.717) is 11.5 Å². The third kappa shape index (κ3) is 3.83. The SMILES string of the molecule is Cc1ccccc1OC(=O)COc1ccccc1Br. The van der Waals surface area contributed by atoms with Gasteiger partial charge in [-0.05, 0) is 46.6 Å². The first-order chi connectivity index (χ1) is 9.16. The summed E-state index contributed by atoms with van der Waals surface area (Å²) in [4.78, 5) is 11.7. The van der Waals surface area contributed by atoms with Crippen LogP contribution < -0.4 is 9.47 Å². The molecule has 19 heavy (non-hydrogen) atoms. The molecule has 0 saturated heterocycles. The van der Waals surface area contributed by atoms with Gasteiger partial charge in [0.25, 0.3) is 0 Å². The minimum Gasteiger partial charge on any atom is -0.481 e. The Balaban J connectivity index is 1.92. The number of hydrogen-bond acceptors (Lipinski definition) is 3. The molecule has 2 aromatic rings. The van der Waals surface area contributed by atoms with Gasteiger partial charge in [0, 0.05) is 0 Å². The van der Waals surface area contributed by atoms with Gasteiger partial charge >= 0.3 is 5.97 Å². The lowest BCUT2D eigenvalue weighted by molar-refractivity contribution is -0.136. The van der Waals surface area contributed by atoms with E-state index < -0.39 is 5.97 Å². The van der Waals surface area contributed by atoms with Gasteiger partial charge in [-0.15, -0.1) is 0 Å². The second kappa shape index (κ2) is 6.38. The zero-order chi connectivity index (χ0) is 13.7. The molecular formula is C15H13BrO3. The van der Waals surface area contributed by atoms with Gasteiger partial charge in [0.1, 0.15) is 11.5 Å².